The third kappa shape index (κ3) is 3.48. The molecule has 0 heterocycles. The van der Waals surface area contributed by atoms with Crippen molar-refractivity contribution in [3.63, 3.8) is 0 Å². The van der Waals surface area contributed by atoms with E-state index < -0.39 is 0 Å². The Kier molecular flexibility index (Phi) is 4.83. The minimum absolute atomic E-state index is 0.139. The van der Waals surface area contributed by atoms with E-state index in [0.717, 1.165) is 24.1 Å². The minimum Gasteiger partial charge on any atom is -0.508 e. The molecule has 0 aliphatic heterocycles. The van der Waals surface area contributed by atoms with Crippen LogP contribution in [0.3, 0.4) is 0 Å². The van der Waals surface area contributed by atoms with Gasteiger partial charge in [0.1, 0.15) is 5.75 Å². The van der Waals surface area contributed by atoms with Crippen LogP contribution in [0.15, 0.2) is 18.2 Å². The summed E-state index contributed by atoms with van der Waals surface area (Å²) in [6, 6.07) is 5.85. The molecule has 1 aliphatic carbocycles. The maximum atomic E-state index is 9.92. The maximum absolute atomic E-state index is 9.92. The molecule has 0 bridgehead atoms. The number of aryl methyl sites for hydroxylation is 1. The van der Waals surface area contributed by atoms with E-state index in [2.05, 4.69) is 12.2 Å². The summed E-state index contributed by atoms with van der Waals surface area (Å²) in [6.07, 6.45) is 3.57. The Labute approximate surface area is 115 Å². The quantitative estimate of drug-likeness (QED) is 0.765. The van der Waals surface area contributed by atoms with Crippen molar-refractivity contribution in [2.24, 2.45) is 11.8 Å². The fourth-order valence-corrected chi connectivity index (χ4v) is 3.08. The van der Waals surface area contributed by atoms with Crippen molar-refractivity contribution in [2.45, 2.75) is 39.2 Å². The summed E-state index contributed by atoms with van der Waals surface area (Å²) < 4.78 is 0. The van der Waals surface area contributed by atoms with Gasteiger partial charge in [-0.15, -0.1) is 0 Å². The molecule has 1 aromatic rings. The summed E-state index contributed by atoms with van der Waals surface area (Å²) in [5, 5.41) is 22.7. The number of phenols is 1. The Bertz CT molecular complexity index is 419. The molecule has 3 unspecified atom stereocenters. The van der Waals surface area contributed by atoms with Crippen LogP contribution in [0.4, 0.5) is 0 Å². The summed E-state index contributed by atoms with van der Waals surface area (Å²) >= 11 is 0. The van der Waals surface area contributed by atoms with Crippen LogP contribution in [0, 0.1) is 18.8 Å². The summed E-state index contributed by atoms with van der Waals surface area (Å²) in [6.45, 7) is 5.34. The standard InChI is InChI=1S/C16H25NO2/c1-11-6-7-16(19)15(8-11)12(2)17-9-13-4-3-5-14(13)10-18/h6-8,12-14,17-19H,3-5,9-10H2,1-2H3. The number of hydrogen-bond donors (Lipinski definition) is 3. The lowest BCUT2D eigenvalue weighted by Crippen LogP contribution is -2.29. The van der Waals surface area contributed by atoms with E-state index in [1.165, 1.54) is 12.8 Å². The van der Waals surface area contributed by atoms with Gasteiger partial charge in [0.15, 0.2) is 0 Å². The number of rotatable bonds is 5. The Morgan fingerprint density at radius 3 is 2.79 bits per heavy atom. The topological polar surface area (TPSA) is 52.5 Å². The number of phenolic OH excluding ortho intramolecular Hbond substituents is 1. The van der Waals surface area contributed by atoms with Gasteiger partial charge in [-0.05, 0) is 51.1 Å². The van der Waals surface area contributed by atoms with Crippen molar-refractivity contribution >= 4 is 0 Å². The van der Waals surface area contributed by atoms with Crippen molar-refractivity contribution in [2.75, 3.05) is 13.2 Å². The SMILES string of the molecule is Cc1ccc(O)c(C(C)NCC2CCCC2CO)c1. The second-order valence-electron chi connectivity index (χ2n) is 5.83. The predicted molar refractivity (Wildman–Crippen MR) is 77.2 cm³/mol. The molecule has 0 amide bonds. The fraction of sp³-hybridized carbons (Fsp3) is 0.625. The van der Waals surface area contributed by atoms with Crippen molar-refractivity contribution in [1.29, 1.82) is 0 Å². The average Bonchev–Trinajstić information content (AvgIpc) is 2.86. The zero-order valence-corrected chi connectivity index (χ0v) is 11.9. The molecule has 19 heavy (non-hydrogen) atoms. The van der Waals surface area contributed by atoms with Crippen LogP contribution in [-0.2, 0) is 0 Å². The van der Waals surface area contributed by atoms with E-state index in [-0.39, 0.29) is 6.04 Å². The molecule has 3 heteroatoms. The molecule has 0 saturated heterocycles. The van der Waals surface area contributed by atoms with Gasteiger partial charge in [-0.1, -0.05) is 24.1 Å². The molecular weight excluding hydrogens is 238 g/mol. The van der Waals surface area contributed by atoms with Crippen LogP contribution in [0.2, 0.25) is 0 Å². The lowest BCUT2D eigenvalue weighted by Gasteiger charge is -2.22. The van der Waals surface area contributed by atoms with Crippen molar-refractivity contribution in [3.8, 4) is 5.75 Å². The third-order valence-electron chi connectivity index (χ3n) is 4.39. The van der Waals surface area contributed by atoms with Gasteiger partial charge in [-0.25, -0.2) is 0 Å². The largest absolute Gasteiger partial charge is 0.508 e. The van der Waals surface area contributed by atoms with E-state index in [0.29, 0.717) is 24.2 Å². The fourth-order valence-electron chi connectivity index (χ4n) is 3.08. The average molecular weight is 263 g/mol. The second-order valence-corrected chi connectivity index (χ2v) is 5.83. The first-order valence-corrected chi connectivity index (χ1v) is 7.25. The number of aliphatic hydroxyl groups is 1. The van der Waals surface area contributed by atoms with Crippen LogP contribution < -0.4 is 5.32 Å². The zero-order chi connectivity index (χ0) is 13.8. The molecule has 1 saturated carbocycles. The Hall–Kier alpha value is -1.06. The summed E-state index contributed by atoms with van der Waals surface area (Å²) in [7, 11) is 0. The molecule has 3 nitrogen and oxygen atoms in total. The van der Waals surface area contributed by atoms with E-state index in [9.17, 15) is 10.2 Å². The number of benzene rings is 1. The molecule has 2 rings (SSSR count). The number of aromatic hydroxyl groups is 1. The van der Waals surface area contributed by atoms with E-state index in [1.54, 1.807) is 6.07 Å². The number of aliphatic hydroxyl groups excluding tert-OH is 1. The van der Waals surface area contributed by atoms with Gasteiger partial charge < -0.3 is 15.5 Å². The van der Waals surface area contributed by atoms with Gasteiger partial charge in [0, 0.05) is 18.2 Å². The molecule has 3 atom stereocenters. The summed E-state index contributed by atoms with van der Waals surface area (Å²) in [4.78, 5) is 0. The van der Waals surface area contributed by atoms with Crippen LogP contribution in [0.25, 0.3) is 0 Å². The molecule has 1 fully saturated rings. The highest BCUT2D eigenvalue weighted by atomic mass is 16.3. The van der Waals surface area contributed by atoms with Crippen LogP contribution in [0.1, 0.15) is 43.4 Å². The lowest BCUT2D eigenvalue weighted by molar-refractivity contribution is 0.190. The van der Waals surface area contributed by atoms with Gasteiger partial charge in [-0.3, -0.25) is 0 Å². The monoisotopic (exact) mass is 263 g/mol. The third-order valence-corrected chi connectivity index (χ3v) is 4.39. The normalized spacial score (nSPS) is 24.6. The predicted octanol–water partition coefficient (Wildman–Crippen LogP) is 2.76. The van der Waals surface area contributed by atoms with E-state index in [1.807, 2.05) is 19.1 Å². The smallest absolute Gasteiger partial charge is 0.120 e. The highest BCUT2D eigenvalue weighted by Crippen LogP contribution is 2.32. The first-order valence-electron chi connectivity index (χ1n) is 7.25. The first kappa shape index (κ1) is 14.4. The Morgan fingerprint density at radius 1 is 1.32 bits per heavy atom. The summed E-state index contributed by atoms with van der Waals surface area (Å²) in [5.41, 5.74) is 2.12. The van der Waals surface area contributed by atoms with Crippen molar-refractivity contribution < 1.29 is 10.2 Å². The molecule has 0 aromatic heterocycles. The zero-order valence-electron chi connectivity index (χ0n) is 11.9. The van der Waals surface area contributed by atoms with Crippen molar-refractivity contribution in [3.05, 3.63) is 29.3 Å². The van der Waals surface area contributed by atoms with E-state index >= 15 is 0 Å². The second kappa shape index (κ2) is 6.40. The molecule has 106 valence electrons. The van der Waals surface area contributed by atoms with Gasteiger partial charge >= 0.3 is 0 Å². The Balaban J connectivity index is 1.93. The Morgan fingerprint density at radius 2 is 2.05 bits per heavy atom. The molecule has 1 aromatic carbocycles. The van der Waals surface area contributed by atoms with Gasteiger partial charge in [-0.2, -0.15) is 0 Å². The lowest BCUT2D eigenvalue weighted by atomic mass is 9.96. The van der Waals surface area contributed by atoms with Crippen LogP contribution in [-0.4, -0.2) is 23.4 Å². The molecular formula is C16H25NO2. The van der Waals surface area contributed by atoms with Gasteiger partial charge in [0.2, 0.25) is 0 Å². The number of hydrogen-bond acceptors (Lipinski definition) is 3. The highest BCUT2D eigenvalue weighted by molar-refractivity contribution is 5.37. The van der Waals surface area contributed by atoms with Crippen LogP contribution >= 0.6 is 0 Å². The van der Waals surface area contributed by atoms with Crippen molar-refractivity contribution in [1.82, 2.24) is 5.32 Å². The van der Waals surface area contributed by atoms with Gasteiger partial charge in [0.05, 0.1) is 0 Å². The van der Waals surface area contributed by atoms with E-state index in [4.69, 9.17) is 0 Å². The number of nitrogens with one attached hydrogen (secondary N) is 1. The molecule has 0 radical (unpaired) electrons. The van der Waals surface area contributed by atoms with Crippen LogP contribution in [0.5, 0.6) is 5.75 Å². The first-order chi connectivity index (χ1) is 9.11. The highest BCUT2D eigenvalue weighted by Gasteiger charge is 2.26. The molecule has 0 spiro atoms. The van der Waals surface area contributed by atoms with Gasteiger partial charge in [0.25, 0.3) is 0 Å². The minimum atomic E-state index is 0.139. The molecule has 1 aliphatic rings. The molecule has 3 N–H and O–H groups in total. The summed E-state index contributed by atoms with van der Waals surface area (Å²) in [5.74, 6) is 1.38. The maximum Gasteiger partial charge on any atom is 0.120 e.